The SMILES string of the molecule is CC(=O)NCCC(=O)NC[C@@H]1CCCCN1Cc1ccccc1. The molecular formula is C18H27N3O2. The molecule has 1 aromatic rings. The molecule has 0 bridgehead atoms. The zero-order valence-electron chi connectivity index (χ0n) is 13.9. The Balaban J connectivity index is 1.77. The van der Waals surface area contributed by atoms with Gasteiger partial charge in [0.05, 0.1) is 0 Å². The van der Waals surface area contributed by atoms with Gasteiger partial charge < -0.3 is 10.6 Å². The summed E-state index contributed by atoms with van der Waals surface area (Å²) in [5, 5.41) is 5.66. The van der Waals surface area contributed by atoms with Crippen molar-refractivity contribution in [2.75, 3.05) is 19.6 Å². The molecule has 0 saturated carbocycles. The minimum atomic E-state index is -0.0980. The van der Waals surface area contributed by atoms with Crippen LogP contribution in [0, 0.1) is 0 Å². The van der Waals surface area contributed by atoms with E-state index in [-0.39, 0.29) is 11.8 Å². The Morgan fingerprint density at radius 1 is 1.17 bits per heavy atom. The lowest BCUT2D eigenvalue weighted by Crippen LogP contribution is -2.46. The van der Waals surface area contributed by atoms with Crippen LogP contribution in [0.4, 0.5) is 0 Å². The molecule has 2 amide bonds. The van der Waals surface area contributed by atoms with Crippen molar-refractivity contribution in [1.82, 2.24) is 15.5 Å². The number of piperidine rings is 1. The highest BCUT2D eigenvalue weighted by Gasteiger charge is 2.22. The number of carbonyl (C=O) groups is 2. The third-order valence-electron chi connectivity index (χ3n) is 4.24. The van der Waals surface area contributed by atoms with Gasteiger partial charge in [0.2, 0.25) is 11.8 Å². The quantitative estimate of drug-likeness (QED) is 0.804. The maximum Gasteiger partial charge on any atom is 0.221 e. The number of benzene rings is 1. The van der Waals surface area contributed by atoms with Crippen LogP contribution in [0.25, 0.3) is 0 Å². The first kappa shape index (κ1) is 17.5. The second kappa shape index (κ2) is 9.30. The number of hydrogen-bond donors (Lipinski definition) is 2. The van der Waals surface area contributed by atoms with Gasteiger partial charge in [-0.3, -0.25) is 14.5 Å². The molecule has 2 N–H and O–H groups in total. The van der Waals surface area contributed by atoms with Crippen LogP contribution in [0.15, 0.2) is 30.3 Å². The van der Waals surface area contributed by atoms with Crippen molar-refractivity contribution < 1.29 is 9.59 Å². The number of hydrogen-bond acceptors (Lipinski definition) is 3. The summed E-state index contributed by atoms with van der Waals surface area (Å²) in [5.74, 6) is -0.0944. The molecule has 1 aromatic carbocycles. The van der Waals surface area contributed by atoms with Gasteiger partial charge in [0.25, 0.3) is 0 Å². The Hall–Kier alpha value is -1.88. The minimum absolute atomic E-state index is 0.00369. The van der Waals surface area contributed by atoms with Crippen molar-refractivity contribution in [1.29, 1.82) is 0 Å². The third-order valence-corrected chi connectivity index (χ3v) is 4.24. The van der Waals surface area contributed by atoms with Crippen molar-refractivity contribution >= 4 is 11.8 Å². The summed E-state index contributed by atoms with van der Waals surface area (Å²) in [6.45, 7) is 4.57. The van der Waals surface area contributed by atoms with Gasteiger partial charge in [-0.2, -0.15) is 0 Å². The molecule has 0 radical (unpaired) electrons. The van der Waals surface area contributed by atoms with E-state index in [2.05, 4.69) is 39.8 Å². The molecule has 0 aromatic heterocycles. The second-order valence-corrected chi connectivity index (χ2v) is 6.14. The lowest BCUT2D eigenvalue weighted by Gasteiger charge is -2.36. The summed E-state index contributed by atoms with van der Waals surface area (Å²) in [4.78, 5) is 25.1. The summed E-state index contributed by atoms with van der Waals surface area (Å²) in [6.07, 6.45) is 3.90. The van der Waals surface area contributed by atoms with Gasteiger partial charge in [0, 0.05) is 39.0 Å². The van der Waals surface area contributed by atoms with Gasteiger partial charge in [-0.1, -0.05) is 36.8 Å². The number of amides is 2. The van der Waals surface area contributed by atoms with Crippen molar-refractivity contribution in [3.8, 4) is 0 Å². The number of nitrogens with one attached hydrogen (secondary N) is 2. The molecule has 1 heterocycles. The Kier molecular flexibility index (Phi) is 7.07. The number of nitrogens with zero attached hydrogens (tertiary/aromatic N) is 1. The van der Waals surface area contributed by atoms with Crippen LogP contribution >= 0.6 is 0 Å². The average molecular weight is 317 g/mol. The van der Waals surface area contributed by atoms with E-state index < -0.39 is 0 Å². The van der Waals surface area contributed by atoms with E-state index >= 15 is 0 Å². The van der Waals surface area contributed by atoms with Crippen molar-refractivity contribution in [3.05, 3.63) is 35.9 Å². The van der Waals surface area contributed by atoms with Crippen molar-refractivity contribution in [2.45, 2.75) is 45.2 Å². The molecule has 5 nitrogen and oxygen atoms in total. The molecule has 2 rings (SSSR count). The van der Waals surface area contributed by atoms with Crippen LogP contribution in [-0.2, 0) is 16.1 Å². The summed E-state index contributed by atoms with van der Waals surface area (Å²) >= 11 is 0. The summed E-state index contributed by atoms with van der Waals surface area (Å²) in [6, 6.07) is 10.9. The first-order valence-electron chi connectivity index (χ1n) is 8.44. The largest absolute Gasteiger partial charge is 0.356 e. The molecule has 0 spiro atoms. The molecule has 1 aliphatic heterocycles. The van der Waals surface area contributed by atoms with Gasteiger partial charge in [-0.05, 0) is 24.9 Å². The molecule has 1 atom stereocenters. The van der Waals surface area contributed by atoms with E-state index in [1.807, 2.05) is 6.07 Å². The van der Waals surface area contributed by atoms with Crippen LogP contribution < -0.4 is 10.6 Å². The molecule has 1 saturated heterocycles. The Labute approximate surface area is 138 Å². The van der Waals surface area contributed by atoms with Crippen LogP contribution in [0.5, 0.6) is 0 Å². The van der Waals surface area contributed by atoms with E-state index in [9.17, 15) is 9.59 Å². The standard InChI is InChI=1S/C18H27N3O2/c1-15(22)19-11-10-18(23)20-13-17-9-5-6-12-21(17)14-16-7-3-2-4-8-16/h2-4,7-8,17H,5-6,9-14H2,1H3,(H,19,22)(H,20,23)/t17-/m0/s1. The van der Waals surface area contributed by atoms with Crippen LogP contribution in [0.2, 0.25) is 0 Å². The fourth-order valence-corrected chi connectivity index (χ4v) is 2.99. The highest BCUT2D eigenvalue weighted by molar-refractivity contribution is 5.77. The third kappa shape index (κ3) is 6.40. The molecule has 0 unspecified atom stereocenters. The van der Waals surface area contributed by atoms with Gasteiger partial charge in [0.1, 0.15) is 0 Å². The first-order chi connectivity index (χ1) is 11.1. The number of rotatable bonds is 7. The molecule has 0 aliphatic carbocycles. The summed E-state index contributed by atoms with van der Waals surface area (Å²) in [7, 11) is 0. The average Bonchev–Trinajstić information content (AvgIpc) is 2.55. The van der Waals surface area contributed by atoms with E-state index in [0.29, 0.717) is 25.6 Å². The zero-order chi connectivity index (χ0) is 16.5. The van der Waals surface area contributed by atoms with Crippen LogP contribution in [0.1, 0.15) is 38.2 Å². The smallest absolute Gasteiger partial charge is 0.221 e. The second-order valence-electron chi connectivity index (χ2n) is 6.14. The normalized spacial score (nSPS) is 18.4. The summed E-state index contributed by atoms with van der Waals surface area (Å²) in [5.41, 5.74) is 1.32. The maximum absolute atomic E-state index is 11.9. The van der Waals surface area contributed by atoms with Gasteiger partial charge in [0.15, 0.2) is 0 Å². The predicted molar refractivity (Wildman–Crippen MR) is 90.8 cm³/mol. The molecule has 1 fully saturated rings. The van der Waals surface area contributed by atoms with E-state index in [1.54, 1.807) is 0 Å². The van der Waals surface area contributed by atoms with Crippen LogP contribution in [0.3, 0.4) is 0 Å². The zero-order valence-corrected chi connectivity index (χ0v) is 13.9. The van der Waals surface area contributed by atoms with Gasteiger partial charge in [-0.15, -0.1) is 0 Å². The first-order valence-corrected chi connectivity index (χ1v) is 8.44. The Morgan fingerprint density at radius 2 is 1.96 bits per heavy atom. The van der Waals surface area contributed by atoms with E-state index in [1.165, 1.54) is 25.3 Å². The maximum atomic E-state index is 11.9. The highest BCUT2D eigenvalue weighted by Crippen LogP contribution is 2.19. The van der Waals surface area contributed by atoms with E-state index in [4.69, 9.17) is 0 Å². The van der Waals surface area contributed by atoms with Crippen LogP contribution in [-0.4, -0.2) is 42.4 Å². The van der Waals surface area contributed by atoms with Gasteiger partial charge >= 0.3 is 0 Å². The number of likely N-dealkylation sites (tertiary alicyclic amines) is 1. The topological polar surface area (TPSA) is 61.4 Å². The molecule has 1 aliphatic rings. The Bertz CT molecular complexity index is 504. The molecular weight excluding hydrogens is 290 g/mol. The monoisotopic (exact) mass is 317 g/mol. The van der Waals surface area contributed by atoms with Gasteiger partial charge in [-0.25, -0.2) is 0 Å². The summed E-state index contributed by atoms with van der Waals surface area (Å²) < 4.78 is 0. The fourth-order valence-electron chi connectivity index (χ4n) is 2.99. The van der Waals surface area contributed by atoms with Crippen molar-refractivity contribution in [2.24, 2.45) is 0 Å². The highest BCUT2D eigenvalue weighted by atomic mass is 16.2. The number of carbonyl (C=O) groups excluding carboxylic acids is 2. The fraction of sp³-hybridized carbons (Fsp3) is 0.556. The predicted octanol–water partition coefficient (Wildman–Crippen LogP) is 1.68. The Morgan fingerprint density at radius 3 is 2.70 bits per heavy atom. The minimum Gasteiger partial charge on any atom is -0.356 e. The molecule has 23 heavy (non-hydrogen) atoms. The molecule has 126 valence electrons. The lowest BCUT2D eigenvalue weighted by molar-refractivity contribution is -0.121. The van der Waals surface area contributed by atoms with E-state index in [0.717, 1.165) is 19.5 Å². The van der Waals surface area contributed by atoms with Crippen molar-refractivity contribution in [3.63, 3.8) is 0 Å². The molecule has 5 heteroatoms. The lowest BCUT2D eigenvalue weighted by atomic mass is 10.0.